The summed E-state index contributed by atoms with van der Waals surface area (Å²) in [5.74, 6) is 0.0995. The number of nitriles is 1. The Labute approximate surface area is 340 Å². The molecule has 15 heteroatoms. The minimum atomic E-state index is -1.68. The number of anilines is 1. The standard InChI is InChI=1S/C43H52N7O7P/c1-28(2)40(51)47-42-46-39-38(41(52)48-42)45-27-49(39)37-25-35(57-58(55-24-14-23-44)50(29(3)4)30(5)6)36(56-37)26-54-43(31-15-10-8-11-16-31,32-17-12-9-13-18-32)33-19-21-34(53-7)22-20-33/h8-13,15-22,27-30,35-37H,14,24-26H2,1-7H3,(H2,46,47,48,51,52)/t35-,36-,37-,58?/m1/s1. The molecule has 4 atom stereocenters. The van der Waals surface area contributed by atoms with Gasteiger partial charge in [0.05, 0.1) is 45.2 Å². The number of amides is 1. The Morgan fingerprint density at radius 1 is 1.00 bits per heavy atom. The summed E-state index contributed by atoms with van der Waals surface area (Å²) in [7, 11) is -0.0399. The summed E-state index contributed by atoms with van der Waals surface area (Å²) in [6.45, 7) is 12.1. The number of imidazole rings is 1. The zero-order valence-corrected chi connectivity index (χ0v) is 34.9. The highest BCUT2D eigenvalue weighted by Gasteiger charge is 2.45. The second-order valence-electron chi connectivity index (χ2n) is 14.9. The molecule has 3 aromatic carbocycles. The molecule has 3 heterocycles. The van der Waals surface area contributed by atoms with Gasteiger partial charge in [0.25, 0.3) is 14.1 Å². The summed E-state index contributed by atoms with van der Waals surface area (Å²) in [5.41, 5.74) is 1.46. The minimum absolute atomic E-state index is 0.0116. The Morgan fingerprint density at radius 3 is 2.19 bits per heavy atom. The maximum absolute atomic E-state index is 13.2. The molecule has 1 unspecified atom stereocenters. The predicted octanol–water partition coefficient (Wildman–Crippen LogP) is 7.68. The minimum Gasteiger partial charge on any atom is -0.497 e. The van der Waals surface area contributed by atoms with Crippen molar-refractivity contribution in [2.45, 2.75) is 90.5 Å². The number of carbonyl (C=O) groups is 1. The van der Waals surface area contributed by atoms with E-state index in [1.54, 1.807) is 25.5 Å². The molecule has 0 spiro atoms. The molecule has 0 bridgehead atoms. The highest BCUT2D eigenvalue weighted by atomic mass is 31.2. The molecule has 1 amide bonds. The van der Waals surface area contributed by atoms with E-state index in [9.17, 15) is 14.9 Å². The fourth-order valence-electron chi connectivity index (χ4n) is 7.13. The Kier molecular flexibility index (Phi) is 14.1. The molecule has 6 rings (SSSR count). The zero-order valence-electron chi connectivity index (χ0n) is 34.0. The van der Waals surface area contributed by atoms with Crippen molar-refractivity contribution in [3.63, 3.8) is 0 Å². The largest absolute Gasteiger partial charge is 0.497 e. The molecular weight excluding hydrogens is 757 g/mol. The molecule has 5 aromatic rings. The van der Waals surface area contributed by atoms with Gasteiger partial charge in [0.2, 0.25) is 11.9 Å². The Morgan fingerprint density at radius 2 is 1.62 bits per heavy atom. The van der Waals surface area contributed by atoms with Crippen LogP contribution in [0.4, 0.5) is 5.95 Å². The molecule has 58 heavy (non-hydrogen) atoms. The number of hydrogen-bond donors (Lipinski definition) is 2. The normalized spacial score (nSPS) is 17.7. The number of aromatic nitrogens is 4. The molecule has 1 fully saturated rings. The molecule has 1 saturated heterocycles. The molecule has 0 saturated carbocycles. The third-order valence-electron chi connectivity index (χ3n) is 9.90. The van der Waals surface area contributed by atoms with E-state index in [-0.39, 0.29) is 60.7 Å². The first-order valence-corrected chi connectivity index (χ1v) is 20.7. The van der Waals surface area contributed by atoms with E-state index in [1.807, 2.05) is 84.9 Å². The van der Waals surface area contributed by atoms with Crippen molar-refractivity contribution in [2.24, 2.45) is 5.92 Å². The fourth-order valence-corrected chi connectivity index (χ4v) is 8.89. The van der Waals surface area contributed by atoms with Crippen molar-refractivity contribution in [1.29, 1.82) is 5.26 Å². The van der Waals surface area contributed by atoms with Crippen molar-refractivity contribution < 1.29 is 28.1 Å². The number of fused-ring (bicyclic) bond motifs is 1. The number of methoxy groups -OCH3 is 1. The molecule has 306 valence electrons. The number of hydrogen-bond acceptors (Lipinski definition) is 11. The van der Waals surface area contributed by atoms with Gasteiger partial charge in [-0.1, -0.05) is 86.6 Å². The Bertz CT molecular complexity index is 2160. The molecule has 2 aromatic heterocycles. The highest BCUT2D eigenvalue weighted by Crippen LogP contribution is 2.51. The van der Waals surface area contributed by atoms with Gasteiger partial charge in [-0.3, -0.25) is 24.5 Å². The monoisotopic (exact) mass is 809 g/mol. The highest BCUT2D eigenvalue weighted by molar-refractivity contribution is 7.44. The van der Waals surface area contributed by atoms with Crippen LogP contribution in [0.1, 0.15) is 77.3 Å². The lowest BCUT2D eigenvalue weighted by molar-refractivity contribution is -0.118. The predicted molar refractivity (Wildman–Crippen MR) is 222 cm³/mol. The van der Waals surface area contributed by atoms with Crippen LogP contribution in [-0.4, -0.2) is 74.7 Å². The molecule has 2 N–H and O–H groups in total. The van der Waals surface area contributed by atoms with Crippen LogP contribution < -0.4 is 15.6 Å². The third kappa shape index (κ3) is 9.31. The number of rotatable bonds is 18. The van der Waals surface area contributed by atoms with Gasteiger partial charge in [0.15, 0.2) is 11.2 Å². The number of ether oxygens (including phenoxy) is 3. The van der Waals surface area contributed by atoms with E-state index in [0.29, 0.717) is 12.2 Å². The average Bonchev–Trinajstić information content (AvgIpc) is 3.83. The van der Waals surface area contributed by atoms with Crippen molar-refractivity contribution in [3.8, 4) is 11.8 Å². The Balaban J connectivity index is 1.43. The first-order chi connectivity index (χ1) is 28.0. The lowest BCUT2D eigenvalue weighted by Gasteiger charge is -2.39. The first kappa shape index (κ1) is 42.6. The second kappa shape index (κ2) is 19.2. The van der Waals surface area contributed by atoms with Crippen LogP contribution in [-0.2, 0) is 28.9 Å². The number of carbonyl (C=O) groups excluding carboxylic acids is 1. The summed E-state index contributed by atoms with van der Waals surface area (Å²) >= 11 is 0. The van der Waals surface area contributed by atoms with Crippen LogP contribution in [0, 0.1) is 17.2 Å². The smallest absolute Gasteiger partial charge is 0.280 e. The van der Waals surface area contributed by atoms with Crippen LogP contribution in [0.2, 0.25) is 0 Å². The number of H-pyrrole nitrogens is 1. The topological polar surface area (TPSA) is 166 Å². The van der Waals surface area contributed by atoms with E-state index in [4.69, 9.17) is 23.3 Å². The van der Waals surface area contributed by atoms with Gasteiger partial charge in [0.1, 0.15) is 23.7 Å². The maximum Gasteiger partial charge on any atom is 0.280 e. The summed E-state index contributed by atoms with van der Waals surface area (Å²) < 4.78 is 36.9. The number of nitrogens with one attached hydrogen (secondary N) is 2. The number of benzene rings is 3. The second-order valence-corrected chi connectivity index (χ2v) is 16.3. The van der Waals surface area contributed by atoms with Crippen LogP contribution in [0.25, 0.3) is 11.2 Å². The summed E-state index contributed by atoms with van der Waals surface area (Å²) in [4.78, 5) is 37.4. The van der Waals surface area contributed by atoms with Crippen LogP contribution in [0.15, 0.2) is 96.1 Å². The fraction of sp³-hybridized carbons (Fsp3) is 0.419. The Hall–Kier alpha value is -5.00. The van der Waals surface area contributed by atoms with Crippen molar-refractivity contribution >= 4 is 31.5 Å². The maximum atomic E-state index is 13.2. The quantitative estimate of drug-likeness (QED) is 0.0507. The summed E-state index contributed by atoms with van der Waals surface area (Å²) in [5, 5.41) is 12.1. The van der Waals surface area contributed by atoms with Gasteiger partial charge in [-0.05, 0) is 56.5 Å². The zero-order chi connectivity index (χ0) is 41.4. The molecule has 0 radical (unpaired) electrons. The van der Waals surface area contributed by atoms with Gasteiger partial charge in [-0.25, -0.2) is 9.65 Å². The SMILES string of the molecule is COc1ccc(C(OC[C@H]2O[C@@H](n3cnc4c(=O)[nH]c(NC(=O)C(C)C)nc43)C[C@H]2OP(OCCC#N)N(C(C)C)C(C)C)(c2ccccc2)c2ccccc2)cc1. The first-order valence-electron chi connectivity index (χ1n) is 19.5. The van der Waals surface area contributed by atoms with E-state index >= 15 is 0 Å². The van der Waals surface area contributed by atoms with Crippen molar-refractivity contribution in [2.75, 3.05) is 25.6 Å². The molecule has 0 aliphatic carbocycles. The molecule has 1 aliphatic rings. The van der Waals surface area contributed by atoms with E-state index in [2.05, 4.69) is 58.7 Å². The summed E-state index contributed by atoms with van der Waals surface area (Å²) in [6.07, 6.45) is 0.0923. The van der Waals surface area contributed by atoms with Crippen LogP contribution in [0.5, 0.6) is 5.75 Å². The van der Waals surface area contributed by atoms with Gasteiger partial charge >= 0.3 is 0 Å². The number of nitrogens with zero attached hydrogens (tertiary/aromatic N) is 5. The third-order valence-corrected chi connectivity index (χ3v) is 12.1. The number of aromatic amines is 1. The van der Waals surface area contributed by atoms with E-state index in [1.165, 1.54) is 6.33 Å². The lowest BCUT2D eigenvalue weighted by Crippen LogP contribution is -2.39. The van der Waals surface area contributed by atoms with Gasteiger partial charge in [0, 0.05) is 24.4 Å². The lowest BCUT2D eigenvalue weighted by atomic mass is 9.80. The van der Waals surface area contributed by atoms with Crippen molar-refractivity contribution in [1.82, 2.24) is 24.2 Å². The van der Waals surface area contributed by atoms with Crippen molar-refractivity contribution in [3.05, 3.63) is 118 Å². The van der Waals surface area contributed by atoms with E-state index < -0.39 is 38.1 Å². The van der Waals surface area contributed by atoms with Gasteiger partial charge < -0.3 is 23.3 Å². The molecular formula is C43H52N7O7P. The van der Waals surface area contributed by atoms with Gasteiger partial charge in [-0.2, -0.15) is 10.2 Å². The molecule has 1 aliphatic heterocycles. The van der Waals surface area contributed by atoms with E-state index in [0.717, 1.165) is 16.7 Å². The van der Waals surface area contributed by atoms with Crippen LogP contribution >= 0.6 is 8.53 Å². The van der Waals surface area contributed by atoms with Crippen LogP contribution in [0.3, 0.4) is 0 Å². The molecule has 14 nitrogen and oxygen atoms in total. The van der Waals surface area contributed by atoms with Gasteiger partial charge in [-0.15, -0.1) is 0 Å². The summed E-state index contributed by atoms with van der Waals surface area (Å²) in [6, 6.07) is 30.2. The average molecular weight is 810 g/mol.